The van der Waals surface area contributed by atoms with Crippen LogP contribution in [0, 0.1) is 0 Å². The van der Waals surface area contributed by atoms with Crippen LogP contribution in [0.15, 0.2) is 23.4 Å². The van der Waals surface area contributed by atoms with E-state index in [4.69, 9.17) is 0 Å². The summed E-state index contributed by atoms with van der Waals surface area (Å²) < 4.78 is 0. The average molecular weight is 341 g/mol. The fourth-order valence-corrected chi connectivity index (χ4v) is 4.12. The van der Waals surface area contributed by atoms with Crippen LogP contribution >= 0.6 is 0 Å². The van der Waals surface area contributed by atoms with Crippen molar-refractivity contribution >= 4 is 17.9 Å². The minimum Gasteiger partial charge on any atom is -0.368 e. The Kier molecular flexibility index (Phi) is 4.59. The van der Waals surface area contributed by atoms with Crippen molar-refractivity contribution in [3.05, 3.63) is 24.0 Å². The highest BCUT2D eigenvalue weighted by Gasteiger charge is 2.30. The molecule has 0 spiro atoms. The zero-order valence-corrected chi connectivity index (χ0v) is 15.0. The quantitative estimate of drug-likeness (QED) is 0.831. The van der Waals surface area contributed by atoms with Crippen molar-refractivity contribution in [2.45, 2.75) is 51.0 Å². The third-order valence-electron chi connectivity index (χ3n) is 5.72. The maximum atomic E-state index is 12.6. The van der Waals surface area contributed by atoms with Gasteiger partial charge in [0.05, 0.1) is 6.04 Å². The zero-order valence-electron chi connectivity index (χ0n) is 15.0. The van der Waals surface area contributed by atoms with Crippen LogP contribution in [0.25, 0.3) is 0 Å². The molecule has 2 amide bonds. The summed E-state index contributed by atoms with van der Waals surface area (Å²) >= 11 is 0. The lowest BCUT2D eigenvalue weighted by molar-refractivity contribution is 0.142. The van der Waals surface area contributed by atoms with E-state index in [1.165, 1.54) is 37.1 Å². The predicted octanol–water partition coefficient (Wildman–Crippen LogP) is 3.06. The molecule has 0 aromatic carbocycles. The molecule has 3 aliphatic rings. The summed E-state index contributed by atoms with van der Waals surface area (Å²) in [5.74, 6) is 0.636. The smallest absolute Gasteiger partial charge is 0.340 e. The van der Waals surface area contributed by atoms with Crippen molar-refractivity contribution in [1.82, 2.24) is 14.9 Å². The number of rotatable bonds is 2. The third-order valence-corrected chi connectivity index (χ3v) is 5.72. The van der Waals surface area contributed by atoms with Gasteiger partial charge in [-0.15, -0.1) is 0 Å². The molecule has 1 aliphatic carbocycles. The molecule has 6 nitrogen and oxygen atoms in total. The Morgan fingerprint density at radius 1 is 1.16 bits per heavy atom. The van der Waals surface area contributed by atoms with Gasteiger partial charge in [0.15, 0.2) is 0 Å². The molecular formula is C19H27N5O. The van der Waals surface area contributed by atoms with Gasteiger partial charge in [-0.05, 0) is 31.9 Å². The highest BCUT2D eigenvalue weighted by Crippen LogP contribution is 2.34. The SMILES string of the molecule is CC1CC=NN1C(=O)N1CCN(c2ccnc(C3CCCC3)c2)CC1. The zero-order chi connectivity index (χ0) is 17.2. The van der Waals surface area contributed by atoms with Crippen LogP contribution in [0.3, 0.4) is 0 Å². The number of amides is 2. The summed E-state index contributed by atoms with van der Waals surface area (Å²) in [5.41, 5.74) is 2.49. The van der Waals surface area contributed by atoms with Crippen LogP contribution in [-0.2, 0) is 0 Å². The van der Waals surface area contributed by atoms with E-state index < -0.39 is 0 Å². The van der Waals surface area contributed by atoms with Gasteiger partial charge in [-0.3, -0.25) is 4.98 Å². The van der Waals surface area contributed by atoms with Crippen LogP contribution in [0.4, 0.5) is 10.5 Å². The summed E-state index contributed by atoms with van der Waals surface area (Å²) in [5, 5.41) is 5.85. The molecular weight excluding hydrogens is 314 g/mol. The highest BCUT2D eigenvalue weighted by atomic mass is 16.2. The van der Waals surface area contributed by atoms with Crippen LogP contribution in [0.5, 0.6) is 0 Å². The van der Waals surface area contributed by atoms with E-state index >= 15 is 0 Å². The number of anilines is 1. The van der Waals surface area contributed by atoms with E-state index in [1.807, 2.05) is 24.2 Å². The first-order chi connectivity index (χ1) is 12.2. The summed E-state index contributed by atoms with van der Waals surface area (Å²) in [7, 11) is 0. The molecule has 6 heteroatoms. The van der Waals surface area contributed by atoms with Gasteiger partial charge in [-0.2, -0.15) is 5.10 Å². The molecule has 1 aromatic rings. The Hall–Kier alpha value is -2.11. The maximum Gasteiger partial charge on any atom is 0.340 e. The number of nitrogens with zero attached hydrogens (tertiary/aromatic N) is 5. The molecule has 0 N–H and O–H groups in total. The lowest BCUT2D eigenvalue weighted by atomic mass is 10.0. The van der Waals surface area contributed by atoms with Gasteiger partial charge in [0.25, 0.3) is 0 Å². The third kappa shape index (κ3) is 3.34. The molecule has 2 aliphatic heterocycles. The Labute approximate surface area is 149 Å². The molecule has 25 heavy (non-hydrogen) atoms. The molecule has 4 rings (SSSR count). The number of hydrogen-bond acceptors (Lipinski definition) is 4. The van der Waals surface area contributed by atoms with Crippen molar-refractivity contribution in [2.24, 2.45) is 5.10 Å². The normalized spacial score (nSPS) is 24.4. The first kappa shape index (κ1) is 16.4. The van der Waals surface area contributed by atoms with Crippen molar-refractivity contribution in [2.75, 3.05) is 31.1 Å². The molecule has 1 aromatic heterocycles. The van der Waals surface area contributed by atoms with Gasteiger partial charge in [-0.1, -0.05) is 12.8 Å². The van der Waals surface area contributed by atoms with Gasteiger partial charge in [0.1, 0.15) is 0 Å². The van der Waals surface area contributed by atoms with Gasteiger partial charge < -0.3 is 9.80 Å². The van der Waals surface area contributed by atoms with Crippen LogP contribution in [0.1, 0.15) is 50.6 Å². The minimum absolute atomic E-state index is 0.0438. The fourth-order valence-electron chi connectivity index (χ4n) is 4.12. The largest absolute Gasteiger partial charge is 0.368 e. The standard InChI is InChI=1S/C19H27N5O/c1-15-6-9-21-24(15)19(25)23-12-10-22(11-13-23)17-7-8-20-18(14-17)16-4-2-3-5-16/h7-9,14-16H,2-6,10-13H2,1H3. The second kappa shape index (κ2) is 7.02. The lowest BCUT2D eigenvalue weighted by Gasteiger charge is -2.37. The van der Waals surface area contributed by atoms with Crippen LogP contribution in [-0.4, -0.2) is 59.4 Å². The van der Waals surface area contributed by atoms with Crippen LogP contribution in [0.2, 0.25) is 0 Å². The molecule has 0 bridgehead atoms. The predicted molar refractivity (Wildman–Crippen MR) is 99.0 cm³/mol. The molecule has 134 valence electrons. The number of hydrogen-bond donors (Lipinski definition) is 0. The Bertz CT molecular complexity index is 647. The second-order valence-corrected chi connectivity index (χ2v) is 7.40. The molecule has 2 fully saturated rings. The van der Waals surface area contributed by atoms with Gasteiger partial charge in [-0.25, -0.2) is 9.80 Å². The van der Waals surface area contributed by atoms with E-state index in [1.54, 1.807) is 5.01 Å². The number of piperazine rings is 1. The summed E-state index contributed by atoms with van der Waals surface area (Å²) in [6, 6.07) is 4.59. The molecule has 1 atom stereocenters. The van der Waals surface area contributed by atoms with Crippen LogP contribution < -0.4 is 4.90 Å². The molecule has 1 unspecified atom stereocenters. The summed E-state index contributed by atoms with van der Waals surface area (Å²) in [4.78, 5) is 21.5. The number of urea groups is 1. The van der Waals surface area contributed by atoms with Crippen molar-refractivity contribution in [3.63, 3.8) is 0 Å². The average Bonchev–Trinajstić information content (AvgIpc) is 3.33. The number of carbonyl (C=O) groups excluding carboxylic acids is 1. The topological polar surface area (TPSA) is 52.0 Å². The van der Waals surface area contributed by atoms with Gasteiger partial charge in [0.2, 0.25) is 0 Å². The van der Waals surface area contributed by atoms with E-state index in [0.29, 0.717) is 5.92 Å². The number of aromatic nitrogens is 1. The maximum absolute atomic E-state index is 12.6. The summed E-state index contributed by atoms with van der Waals surface area (Å²) in [6.07, 6.45) is 9.83. The highest BCUT2D eigenvalue weighted by molar-refractivity contribution is 5.78. The lowest BCUT2D eigenvalue weighted by Crippen LogP contribution is -2.52. The van der Waals surface area contributed by atoms with E-state index in [2.05, 4.69) is 27.1 Å². The fraction of sp³-hybridized carbons (Fsp3) is 0.632. The number of carbonyl (C=O) groups is 1. The van der Waals surface area contributed by atoms with Crippen molar-refractivity contribution in [1.29, 1.82) is 0 Å². The van der Waals surface area contributed by atoms with E-state index in [0.717, 1.165) is 32.6 Å². The molecule has 0 radical (unpaired) electrons. The Morgan fingerprint density at radius 3 is 2.60 bits per heavy atom. The van der Waals surface area contributed by atoms with Gasteiger partial charge >= 0.3 is 6.03 Å². The second-order valence-electron chi connectivity index (χ2n) is 7.40. The van der Waals surface area contributed by atoms with E-state index in [9.17, 15) is 4.79 Å². The Balaban J connectivity index is 1.38. The molecule has 1 saturated heterocycles. The van der Waals surface area contributed by atoms with E-state index in [-0.39, 0.29) is 12.1 Å². The molecule has 1 saturated carbocycles. The monoisotopic (exact) mass is 341 g/mol. The first-order valence-corrected chi connectivity index (χ1v) is 9.54. The minimum atomic E-state index is 0.0438. The van der Waals surface area contributed by atoms with Crippen molar-refractivity contribution < 1.29 is 4.79 Å². The number of pyridine rings is 1. The molecule has 3 heterocycles. The number of hydrazone groups is 1. The van der Waals surface area contributed by atoms with Crippen molar-refractivity contribution in [3.8, 4) is 0 Å². The summed E-state index contributed by atoms with van der Waals surface area (Å²) in [6.45, 7) is 5.28. The van der Waals surface area contributed by atoms with Gasteiger partial charge in [0, 0.05) is 62.3 Å². The first-order valence-electron chi connectivity index (χ1n) is 9.54. The Morgan fingerprint density at radius 2 is 1.92 bits per heavy atom.